The van der Waals surface area contributed by atoms with Crippen molar-refractivity contribution < 1.29 is 8.42 Å². The van der Waals surface area contributed by atoms with Gasteiger partial charge in [0.05, 0.1) is 10.6 Å². The minimum Gasteiger partial charge on any atom is -0.385 e. The van der Waals surface area contributed by atoms with E-state index < -0.39 is 9.84 Å². The number of halogens is 1. The lowest BCUT2D eigenvalue weighted by Crippen LogP contribution is -2.12. The molecule has 0 amide bonds. The molecule has 0 aliphatic heterocycles. The second kappa shape index (κ2) is 6.26. The molecule has 3 nitrogen and oxygen atoms in total. The van der Waals surface area contributed by atoms with Crippen molar-refractivity contribution in [2.45, 2.75) is 18.7 Å². The summed E-state index contributed by atoms with van der Waals surface area (Å²) in [6, 6.07) is 6.83. The van der Waals surface area contributed by atoms with Crippen molar-refractivity contribution in [3.8, 4) is 0 Å². The molecule has 0 bridgehead atoms. The zero-order valence-electron chi connectivity index (χ0n) is 10.1. The van der Waals surface area contributed by atoms with E-state index in [4.69, 9.17) is 11.6 Å². The van der Waals surface area contributed by atoms with Crippen molar-refractivity contribution in [1.29, 1.82) is 0 Å². The van der Waals surface area contributed by atoms with Crippen molar-refractivity contribution in [3.63, 3.8) is 0 Å². The lowest BCUT2D eigenvalue weighted by atomic mass is 10.2. The van der Waals surface area contributed by atoms with E-state index in [0.29, 0.717) is 16.7 Å². The van der Waals surface area contributed by atoms with Gasteiger partial charge in [0.25, 0.3) is 0 Å². The monoisotopic (exact) mass is 275 g/mol. The SMILES string of the molecule is CCS(=O)(=O)c1ccc(NCC(C)CCl)cc1. The van der Waals surface area contributed by atoms with E-state index in [1.54, 1.807) is 31.2 Å². The Morgan fingerprint density at radius 1 is 1.29 bits per heavy atom. The summed E-state index contributed by atoms with van der Waals surface area (Å²) in [5.41, 5.74) is 0.914. The first-order chi connectivity index (χ1) is 7.99. The third kappa shape index (κ3) is 4.21. The molecule has 0 aliphatic carbocycles. The van der Waals surface area contributed by atoms with E-state index in [1.165, 1.54) is 0 Å². The van der Waals surface area contributed by atoms with Crippen LogP contribution < -0.4 is 5.32 Å². The maximum absolute atomic E-state index is 11.6. The third-order valence-corrected chi connectivity index (χ3v) is 4.79. The van der Waals surface area contributed by atoms with Gasteiger partial charge in [0, 0.05) is 18.1 Å². The van der Waals surface area contributed by atoms with Crippen molar-refractivity contribution in [1.82, 2.24) is 0 Å². The van der Waals surface area contributed by atoms with Crippen LogP contribution >= 0.6 is 11.6 Å². The fraction of sp³-hybridized carbons (Fsp3) is 0.500. The Balaban J connectivity index is 2.69. The highest BCUT2D eigenvalue weighted by Crippen LogP contribution is 2.15. The van der Waals surface area contributed by atoms with E-state index in [1.807, 2.05) is 0 Å². The van der Waals surface area contributed by atoms with Crippen LogP contribution in [0, 0.1) is 5.92 Å². The van der Waals surface area contributed by atoms with Crippen molar-refractivity contribution in [3.05, 3.63) is 24.3 Å². The number of sulfone groups is 1. The highest BCUT2D eigenvalue weighted by molar-refractivity contribution is 7.91. The van der Waals surface area contributed by atoms with Crippen LogP contribution in [0.25, 0.3) is 0 Å². The first-order valence-electron chi connectivity index (χ1n) is 5.62. The molecule has 0 saturated carbocycles. The molecule has 1 unspecified atom stereocenters. The number of hydrogen-bond donors (Lipinski definition) is 1. The minimum absolute atomic E-state index is 0.128. The molecule has 0 heterocycles. The van der Waals surface area contributed by atoms with E-state index in [-0.39, 0.29) is 5.75 Å². The van der Waals surface area contributed by atoms with Gasteiger partial charge >= 0.3 is 0 Å². The maximum atomic E-state index is 11.6. The van der Waals surface area contributed by atoms with Gasteiger partial charge in [-0.15, -0.1) is 11.6 Å². The van der Waals surface area contributed by atoms with Gasteiger partial charge in [-0.1, -0.05) is 13.8 Å². The highest BCUT2D eigenvalue weighted by Gasteiger charge is 2.10. The molecule has 1 aromatic carbocycles. The lowest BCUT2D eigenvalue weighted by Gasteiger charge is -2.11. The Morgan fingerprint density at radius 3 is 2.35 bits per heavy atom. The van der Waals surface area contributed by atoms with Gasteiger partial charge in [0.2, 0.25) is 0 Å². The molecule has 0 radical (unpaired) electrons. The zero-order valence-corrected chi connectivity index (χ0v) is 11.7. The van der Waals surface area contributed by atoms with Gasteiger partial charge < -0.3 is 5.32 Å². The molecule has 0 aromatic heterocycles. The molecule has 1 aromatic rings. The Bertz CT molecular complexity index is 442. The summed E-state index contributed by atoms with van der Waals surface area (Å²) >= 11 is 5.70. The molecular formula is C12H18ClNO2S. The Kier molecular flexibility index (Phi) is 5.28. The number of benzene rings is 1. The lowest BCUT2D eigenvalue weighted by molar-refractivity contribution is 0.597. The fourth-order valence-electron chi connectivity index (χ4n) is 1.29. The average molecular weight is 276 g/mol. The maximum Gasteiger partial charge on any atom is 0.178 e. The average Bonchev–Trinajstić information content (AvgIpc) is 2.36. The Morgan fingerprint density at radius 2 is 1.88 bits per heavy atom. The molecule has 5 heteroatoms. The van der Waals surface area contributed by atoms with Crippen molar-refractivity contribution in [2.75, 3.05) is 23.5 Å². The summed E-state index contributed by atoms with van der Waals surface area (Å²) < 4.78 is 23.2. The second-order valence-corrected chi connectivity index (χ2v) is 6.66. The molecular weight excluding hydrogens is 258 g/mol. The van der Waals surface area contributed by atoms with Gasteiger partial charge in [0.1, 0.15) is 0 Å². The van der Waals surface area contributed by atoms with Crippen LogP contribution in [0.15, 0.2) is 29.2 Å². The smallest absolute Gasteiger partial charge is 0.178 e. The van der Waals surface area contributed by atoms with Crippen LogP contribution in [0.5, 0.6) is 0 Å². The van der Waals surface area contributed by atoms with Gasteiger partial charge in [-0.3, -0.25) is 0 Å². The van der Waals surface area contributed by atoms with Gasteiger partial charge in [-0.05, 0) is 30.2 Å². The van der Waals surface area contributed by atoms with Gasteiger partial charge in [-0.25, -0.2) is 8.42 Å². The number of alkyl halides is 1. The predicted octanol–water partition coefficient (Wildman–Crippen LogP) is 2.77. The summed E-state index contributed by atoms with van der Waals surface area (Å²) in [4.78, 5) is 0.371. The molecule has 96 valence electrons. The van der Waals surface area contributed by atoms with E-state index in [0.717, 1.165) is 12.2 Å². The second-order valence-electron chi connectivity index (χ2n) is 4.07. The predicted molar refractivity (Wildman–Crippen MR) is 72.5 cm³/mol. The first kappa shape index (κ1) is 14.3. The molecule has 0 aliphatic rings. The summed E-state index contributed by atoms with van der Waals surface area (Å²) in [7, 11) is -3.10. The van der Waals surface area contributed by atoms with Crippen LogP contribution in [0.4, 0.5) is 5.69 Å². The summed E-state index contributed by atoms with van der Waals surface area (Å²) in [5, 5.41) is 3.21. The van der Waals surface area contributed by atoms with E-state index in [2.05, 4.69) is 12.2 Å². The van der Waals surface area contributed by atoms with Crippen LogP contribution in [0.3, 0.4) is 0 Å². The normalized spacial score (nSPS) is 13.4. The molecule has 0 spiro atoms. The topological polar surface area (TPSA) is 46.2 Å². The molecule has 1 N–H and O–H groups in total. The van der Waals surface area contributed by atoms with Crippen molar-refractivity contribution in [2.24, 2.45) is 5.92 Å². The summed E-state index contributed by atoms with van der Waals surface area (Å²) in [5.74, 6) is 1.12. The largest absolute Gasteiger partial charge is 0.385 e. The molecule has 1 atom stereocenters. The number of rotatable bonds is 6. The van der Waals surface area contributed by atoms with Crippen LogP contribution in [0.1, 0.15) is 13.8 Å². The van der Waals surface area contributed by atoms with E-state index in [9.17, 15) is 8.42 Å². The molecule has 17 heavy (non-hydrogen) atoms. The third-order valence-electron chi connectivity index (χ3n) is 2.51. The fourth-order valence-corrected chi connectivity index (χ4v) is 2.29. The quantitative estimate of drug-likeness (QED) is 0.812. The van der Waals surface area contributed by atoms with E-state index >= 15 is 0 Å². The van der Waals surface area contributed by atoms with Gasteiger partial charge in [-0.2, -0.15) is 0 Å². The van der Waals surface area contributed by atoms with Crippen molar-refractivity contribution >= 4 is 27.1 Å². The molecule has 0 saturated heterocycles. The van der Waals surface area contributed by atoms with Crippen LogP contribution in [0.2, 0.25) is 0 Å². The summed E-state index contributed by atoms with van der Waals surface area (Å²) in [6.45, 7) is 4.48. The Hall–Kier alpha value is -0.740. The van der Waals surface area contributed by atoms with Crippen LogP contribution in [-0.4, -0.2) is 26.6 Å². The summed E-state index contributed by atoms with van der Waals surface area (Å²) in [6.07, 6.45) is 0. The van der Waals surface area contributed by atoms with Gasteiger partial charge in [0.15, 0.2) is 9.84 Å². The number of nitrogens with one attached hydrogen (secondary N) is 1. The number of anilines is 1. The minimum atomic E-state index is -3.10. The molecule has 0 fully saturated rings. The number of hydrogen-bond acceptors (Lipinski definition) is 3. The van der Waals surface area contributed by atoms with Crippen LogP contribution in [-0.2, 0) is 9.84 Å². The zero-order chi connectivity index (χ0) is 12.9. The molecule has 1 rings (SSSR count). The Labute approximate surface area is 108 Å². The standard InChI is InChI=1S/C12H18ClNO2S/c1-3-17(15,16)12-6-4-11(5-7-12)14-9-10(2)8-13/h4-7,10,14H,3,8-9H2,1-2H3. The highest BCUT2D eigenvalue weighted by atomic mass is 35.5. The first-order valence-corrected chi connectivity index (χ1v) is 7.81.